The Labute approximate surface area is 184 Å². The van der Waals surface area contributed by atoms with Crippen LogP contribution in [0.2, 0.25) is 5.02 Å². The van der Waals surface area contributed by atoms with Crippen molar-refractivity contribution in [2.75, 3.05) is 12.0 Å². The summed E-state index contributed by atoms with van der Waals surface area (Å²) in [5.41, 5.74) is 3.16. The molecule has 6 heteroatoms. The quantitative estimate of drug-likeness (QED) is 0.462. The van der Waals surface area contributed by atoms with Gasteiger partial charge in [0.05, 0.1) is 13.7 Å². The number of hydrogen-bond acceptors (Lipinski definition) is 3. The minimum atomic E-state index is -0.242. The number of methoxy groups -OCH3 is 1. The van der Waals surface area contributed by atoms with Gasteiger partial charge in [-0.3, -0.25) is 9.59 Å². The molecule has 0 bridgehead atoms. The third-order valence-electron chi connectivity index (χ3n) is 5.12. The summed E-state index contributed by atoms with van der Waals surface area (Å²) in [6.07, 6.45) is 0. The average molecular weight is 433 g/mol. The minimum absolute atomic E-state index is 0.108. The van der Waals surface area contributed by atoms with E-state index in [0.717, 1.165) is 10.9 Å². The number of aromatic amines is 1. The topological polar surface area (TPSA) is 62.4 Å². The third-order valence-corrected chi connectivity index (χ3v) is 5.35. The Morgan fingerprint density at radius 3 is 2.52 bits per heavy atom. The van der Waals surface area contributed by atoms with Crippen LogP contribution in [-0.2, 0) is 6.54 Å². The Balaban J connectivity index is 1.78. The highest BCUT2D eigenvalue weighted by Gasteiger charge is 2.20. The number of halogens is 1. The van der Waals surface area contributed by atoms with Gasteiger partial charge < -0.3 is 14.6 Å². The number of hydrogen-bond donors (Lipinski definition) is 1. The van der Waals surface area contributed by atoms with E-state index < -0.39 is 0 Å². The number of nitrogens with one attached hydrogen (secondary N) is 1. The summed E-state index contributed by atoms with van der Waals surface area (Å²) in [4.78, 5) is 30.7. The SMILES string of the molecule is COc1ccc2[nH]c(=O)c(CN(C(=O)c3cccc(Cl)c3)c3ccc(C)cc3)cc2c1. The number of aryl methyl sites for hydroxylation is 1. The van der Waals surface area contributed by atoms with Gasteiger partial charge in [-0.2, -0.15) is 0 Å². The second-order valence-corrected chi connectivity index (χ2v) is 7.75. The van der Waals surface area contributed by atoms with Crippen LogP contribution in [-0.4, -0.2) is 18.0 Å². The van der Waals surface area contributed by atoms with Crippen LogP contribution in [0.4, 0.5) is 5.69 Å². The van der Waals surface area contributed by atoms with Crippen LogP contribution >= 0.6 is 11.6 Å². The van der Waals surface area contributed by atoms with E-state index in [0.29, 0.717) is 33.1 Å². The minimum Gasteiger partial charge on any atom is -0.497 e. The first-order chi connectivity index (χ1) is 14.9. The number of rotatable bonds is 5. The lowest BCUT2D eigenvalue weighted by atomic mass is 10.1. The molecule has 31 heavy (non-hydrogen) atoms. The van der Waals surface area contributed by atoms with Gasteiger partial charge >= 0.3 is 0 Å². The van der Waals surface area contributed by atoms with Crippen molar-refractivity contribution in [3.8, 4) is 5.75 Å². The van der Waals surface area contributed by atoms with Crippen LogP contribution in [0.3, 0.4) is 0 Å². The van der Waals surface area contributed by atoms with Gasteiger partial charge in [0.15, 0.2) is 0 Å². The van der Waals surface area contributed by atoms with Crippen LogP contribution in [0.5, 0.6) is 5.75 Å². The Bertz CT molecular complexity index is 1310. The van der Waals surface area contributed by atoms with Gasteiger partial charge in [0.1, 0.15) is 5.75 Å². The van der Waals surface area contributed by atoms with Crippen molar-refractivity contribution >= 4 is 34.1 Å². The number of ether oxygens (including phenoxy) is 1. The van der Waals surface area contributed by atoms with Crippen LogP contribution in [0.25, 0.3) is 10.9 Å². The lowest BCUT2D eigenvalue weighted by Gasteiger charge is -2.23. The van der Waals surface area contributed by atoms with Crippen molar-refractivity contribution < 1.29 is 9.53 Å². The molecule has 0 unspecified atom stereocenters. The fourth-order valence-corrected chi connectivity index (χ4v) is 3.62. The summed E-state index contributed by atoms with van der Waals surface area (Å²) < 4.78 is 5.29. The number of benzene rings is 3. The van der Waals surface area contributed by atoms with Gasteiger partial charge in [0, 0.05) is 32.7 Å². The Hall–Kier alpha value is -3.57. The van der Waals surface area contributed by atoms with Crippen molar-refractivity contribution in [1.29, 1.82) is 0 Å². The maximum atomic E-state index is 13.4. The number of nitrogens with zero attached hydrogens (tertiary/aromatic N) is 1. The first-order valence-electron chi connectivity index (χ1n) is 9.78. The summed E-state index contributed by atoms with van der Waals surface area (Å²) in [5.74, 6) is 0.451. The second-order valence-electron chi connectivity index (χ2n) is 7.31. The van der Waals surface area contributed by atoms with Crippen molar-refractivity contribution in [3.05, 3.63) is 105 Å². The molecule has 0 radical (unpaired) electrons. The van der Waals surface area contributed by atoms with Crippen molar-refractivity contribution in [1.82, 2.24) is 4.98 Å². The Kier molecular flexibility index (Phi) is 5.78. The Morgan fingerprint density at radius 1 is 1.03 bits per heavy atom. The number of fused-ring (bicyclic) bond motifs is 1. The number of anilines is 1. The molecule has 4 rings (SSSR count). The molecule has 0 aliphatic rings. The average Bonchev–Trinajstić information content (AvgIpc) is 2.77. The predicted octanol–water partition coefficient (Wildman–Crippen LogP) is 5.35. The molecule has 0 aliphatic heterocycles. The first kappa shape index (κ1) is 20.7. The summed E-state index contributed by atoms with van der Waals surface area (Å²) in [7, 11) is 1.59. The highest BCUT2D eigenvalue weighted by atomic mass is 35.5. The molecule has 1 N–H and O–H groups in total. The van der Waals surface area contributed by atoms with E-state index in [1.807, 2.05) is 37.3 Å². The van der Waals surface area contributed by atoms with Gasteiger partial charge in [0.2, 0.25) is 0 Å². The standard InChI is InChI=1S/C25H21ClN2O3/c1-16-6-8-21(9-7-16)28(25(30)17-4-3-5-20(26)13-17)15-19-12-18-14-22(31-2)10-11-23(18)27-24(19)29/h3-14H,15H2,1-2H3,(H,27,29). The molecule has 0 saturated carbocycles. The van der Waals surface area contributed by atoms with E-state index in [4.69, 9.17) is 16.3 Å². The monoisotopic (exact) mass is 432 g/mol. The zero-order valence-corrected chi connectivity index (χ0v) is 17.9. The maximum absolute atomic E-state index is 13.4. The maximum Gasteiger partial charge on any atom is 0.258 e. The molecule has 5 nitrogen and oxygen atoms in total. The fourth-order valence-electron chi connectivity index (χ4n) is 3.43. The summed E-state index contributed by atoms with van der Waals surface area (Å²) in [6, 6.07) is 21.6. The van der Waals surface area contributed by atoms with E-state index in [1.165, 1.54) is 0 Å². The zero-order chi connectivity index (χ0) is 22.0. The second kappa shape index (κ2) is 8.66. The van der Waals surface area contributed by atoms with Gasteiger partial charge in [-0.25, -0.2) is 0 Å². The molecular weight excluding hydrogens is 412 g/mol. The lowest BCUT2D eigenvalue weighted by molar-refractivity contribution is 0.0985. The number of carbonyl (C=O) groups is 1. The van der Waals surface area contributed by atoms with Gasteiger partial charge in [-0.05, 0) is 61.5 Å². The summed E-state index contributed by atoms with van der Waals surface area (Å²) in [6.45, 7) is 2.09. The van der Waals surface area contributed by atoms with Crippen LogP contribution < -0.4 is 15.2 Å². The van der Waals surface area contributed by atoms with Crippen molar-refractivity contribution in [3.63, 3.8) is 0 Å². The number of pyridine rings is 1. The van der Waals surface area contributed by atoms with Crippen molar-refractivity contribution in [2.45, 2.75) is 13.5 Å². The molecule has 0 spiro atoms. The van der Waals surface area contributed by atoms with Gasteiger partial charge in [0.25, 0.3) is 11.5 Å². The lowest BCUT2D eigenvalue weighted by Crippen LogP contribution is -2.32. The molecule has 3 aromatic carbocycles. The predicted molar refractivity (Wildman–Crippen MR) is 124 cm³/mol. The van der Waals surface area contributed by atoms with Crippen LogP contribution in [0.1, 0.15) is 21.5 Å². The molecule has 4 aromatic rings. The zero-order valence-electron chi connectivity index (χ0n) is 17.2. The van der Waals surface area contributed by atoms with Crippen LogP contribution in [0, 0.1) is 6.92 Å². The molecule has 1 aromatic heterocycles. The fraction of sp³-hybridized carbons (Fsp3) is 0.120. The Morgan fingerprint density at radius 2 is 1.81 bits per heavy atom. The molecule has 0 saturated heterocycles. The molecule has 0 fully saturated rings. The molecule has 156 valence electrons. The highest BCUT2D eigenvalue weighted by molar-refractivity contribution is 6.31. The largest absolute Gasteiger partial charge is 0.497 e. The van der Waals surface area contributed by atoms with E-state index in [9.17, 15) is 9.59 Å². The van der Waals surface area contributed by atoms with Gasteiger partial charge in [-0.1, -0.05) is 35.4 Å². The van der Waals surface area contributed by atoms with Crippen LogP contribution in [0.15, 0.2) is 77.6 Å². The number of carbonyl (C=O) groups excluding carboxylic acids is 1. The summed E-state index contributed by atoms with van der Waals surface area (Å²) in [5, 5.41) is 1.30. The van der Waals surface area contributed by atoms with Gasteiger partial charge in [-0.15, -0.1) is 0 Å². The molecule has 0 aliphatic carbocycles. The number of amides is 1. The molecule has 0 atom stereocenters. The smallest absolute Gasteiger partial charge is 0.258 e. The number of H-pyrrole nitrogens is 1. The van der Waals surface area contributed by atoms with E-state index in [-0.39, 0.29) is 18.0 Å². The van der Waals surface area contributed by atoms with E-state index >= 15 is 0 Å². The molecular formula is C25H21ClN2O3. The third kappa shape index (κ3) is 4.47. The molecule has 1 heterocycles. The van der Waals surface area contributed by atoms with E-state index in [2.05, 4.69) is 4.98 Å². The van der Waals surface area contributed by atoms with Crippen molar-refractivity contribution in [2.24, 2.45) is 0 Å². The first-order valence-corrected chi connectivity index (χ1v) is 10.2. The highest BCUT2D eigenvalue weighted by Crippen LogP contribution is 2.23. The summed E-state index contributed by atoms with van der Waals surface area (Å²) >= 11 is 6.10. The number of aromatic nitrogens is 1. The normalized spacial score (nSPS) is 10.8. The molecule has 1 amide bonds. The van der Waals surface area contributed by atoms with E-state index in [1.54, 1.807) is 54.5 Å².